The number of nitriles is 1. The molecular formula is C15H14N2O3S. The predicted octanol–water partition coefficient (Wildman–Crippen LogP) is 0.597. The second-order valence-corrected chi connectivity index (χ2v) is 5.23. The van der Waals surface area contributed by atoms with Crippen molar-refractivity contribution in [3.05, 3.63) is 43.3 Å². The van der Waals surface area contributed by atoms with Gasteiger partial charge in [-0.3, -0.25) is 4.79 Å². The molecule has 1 heterocycles. The van der Waals surface area contributed by atoms with Crippen LogP contribution in [0.2, 0.25) is 0 Å². The fraction of sp³-hybridized carbons (Fsp3) is 0.200. The van der Waals surface area contributed by atoms with Gasteiger partial charge in [0.2, 0.25) is 0 Å². The van der Waals surface area contributed by atoms with Gasteiger partial charge in [0.25, 0.3) is 5.56 Å². The SMILES string of the molecule is COc1cccc(/C=c2\s/c(=C\C#N)n(C)c2=O)c1OC. The van der Waals surface area contributed by atoms with Gasteiger partial charge in [-0.1, -0.05) is 12.1 Å². The first-order valence-electron chi connectivity index (χ1n) is 6.10. The van der Waals surface area contributed by atoms with Gasteiger partial charge in [0.15, 0.2) is 11.5 Å². The molecule has 0 unspecified atom stereocenters. The van der Waals surface area contributed by atoms with Crippen LogP contribution in [0.25, 0.3) is 12.2 Å². The monoisotopic (exact) mass is 302 g/mol. The van der Waals surface area contributed by atoms with Crippen LogP contribution in [0.4, 0.5) is 0 Å². The van der Waals surface area contributed by atoms with Crippen LogP contribution in [-0.2, 0) is 7.05 Å². The number of hydrogen-bond acceptors (Lipinski definition) is 5. The zero-order valence-electron chi connectivity index (χ0n) is 11.9. The molecule has 0 radical (unpaired) electrons. The van der Waals surface area contributed by atoms with Crippen molar-refractivity contribution >= 4 is 23.5 Å². The van der Waals surface area contributed by atoms with Gasteiger partial charge in [0.05, 0.1) is 24.8 Å². The largest absolute Gasteiger partial charge is 0.493 e. The van der Waals surface area contributed by atoms with E-state index < -0.39 is 0 Å². The standard InChI is InChI=1S/C15H14N2O3S/c1-17-13(7-8-16)21-12(15(17)18)9-10-5-4-6-11(19-2)14(10)20-3/h4-7,9H,1-3H3/b12-9-,13-7-. The van der Waals surface area contributed by atoms with Crippen molar-refractivity contribution in [2.45, 2.75) is 0 Å². The molecule has 2 rings (SSSR count). The lowest BCUT2D eigenvalue weighted by Crippen LogP contribution is -2.28. The van der Waals surface area contributed by atoms with Gasteiger partial charge in [-0.15, -0.1) is 11.3 Å². The molecule has 0 spiro atoms. The molecule has 0 saturated heterocycles. The number of ether oxygens (including phenoxy) is 2. The molecule has 0 aliphatic heterocycles. The summed E-state index contributed by atoms with van der Waals surface area (Å²) < 4.78 is 13.2. The van der Waals surface area contributed by atoms with Crippen LogP contribution in [-0.4, -0.2) is 18.8 Å². The third-order valence-corrected chi connectivity index (χ3v) is 4.08. The lowest BCUT2D eigenvalue weighted by Gasteiger charge is -2.09. The molecule has 1 aromatic heterocycles. The Morgan fingerprint density at radius 1 is 1.33 bits per heavy atom. The Morgan fingerprint density at radius 3 is 2.71 bits per heavy atom. The van der Waals surface area contributed by atoms with E-state index in [0.717, 1.165) is 5.56 Å². The zero-order valence-corrected chi connectivity index (χ0v) is 12.7. The minimum atomic E-state index is -0.147. The average molecular weight is 302 g/mol. The molecule has 0 bridgehead atoms. The fourth-order valence-electron chi connectivity index (χ4n) is 1.93. The smallest absolute Gasteiger partial charge is 0.268 e. The lowest BCUT2D eigenvalue weighted by molar-refractivity contribution is 0.354. The molecule has 5 nitrogen and oxygen atoms in total. The first-order valence-corrected chi connectivity index (χ1v) is 6.92. The highest BCUT2D eigenvalue weighted by Gasteiger charge is 2.08. The van der Waals surface area contributed by atoms with Gasteiger partial charge in [-0.05, 0) is 12.1 Å². The Labute approximate surface area is 125 Å². The van der Waals surface area contributed by atoms with Crippen LogP contribution in [0.1, 0.15) is 5.56 Å². The van der Waals surface area contributed by atoms with Crippen molar-refractivity contribution in [1.29, 1.82) is 5.26 Å². The van der Waals surface area contributed by atoms with Gasteiger partial charge in [0.1, 0.15) is 4.66 Å². The number of thiazole rings is 1. The maximum Gasteiger partial charge on any atom is 0.268 e. The maximum atomic E-state index is 12.2. The third-order valence-electron chi connectivity index (χ3n) is 2.97. The van der Waals surface area contributed by atoms with E-state index in [0.29, 0.717) is 20.7 Å². The minimum absolute atomic E-state index is 0.147. The molecule has 6 heteroatoms. The fourth-order valence-corrected chi connectivity index (χ4v) is 2.90. The Balaban J connectivity index is 2.72. The predicted molar refractivity (Wildman–Crippen MR) is 82.0 cm³/mol. The second kappa shape index (κ2) is 6.29. The Hall–Kier alpha value is -2.52. The maximum absolute atomic E-state index is 12.2. The molecule has 0 amide bonds. The summed E-state index contributed by atoms with van der Waals surface area (Å²) >= 11 is 1.26. The number of aromatic nitrogens is 1. The number of para-hydroxylation sites is 1. The highest BCUT2D eigenvalue weighted by atomic mass is 32.1. The van der Waals surface area contributed by atoms with Crippen molar-refractivity contribution in [1.82, 2.24) is 4.57 Å². The summed E-state index contributed by atoms with van der Waals surface area (Å²) in [5.74, 6) is 1.17. The Kier molecular flexibility index (Phi) is 4.45. The van der Waals surface area contributed by atoms with E-state index >= 15 is 0 Å². The molecule has 1 aromatic carbocycles. The summed E-state index contributed by atoms with van der Waals surface area (Å²) in [6.07, 6.45) is 3.09. The number of nitrogens with zero attached hydrogens (tertiary/aromatic N) is 2. The van der Waals surface area contributed by atoms with Gasteiger partial charge >= 0.3 is 0 Å². The number of methoxy groups -OCH3 is 2. The van der Waals surface area contributed by atoms with Crippen LogP contribution in [0.15, 0.2) is 23.0 Å². The van der Waals surface area contributed by atoms with E-state index in [-0.39, 0.29) is 5.56 Å². The molecule has 2 aromatic rings. The normalized spacial score (nSPS) is 12.3. The molecule has 0 aliphatic rings. The van der Waals surface area contributed by atoms with Crippen molar-refractivity contribution in [3.8, 4) is 17.6 Å². The Morgan fingerprint density at radius 2 is 2.10 bits per heavy atom. The van der Waals surface area contributed by atoms with E-state index in [9.17, 15) is 4.79 Å². The molecule has 108 valence electrons. The van der Waals surface area contributed by atoms with Gasteiger partial charge in [-0.25, -0.2) is 0 Å². The molecule has 0 N–H and O–H groups in total. The van der Waals surface area contributed by atoms with E-state index in [1.165, 1.54) is 22.0 Å². The quantitative estimate of drug-likeness (QED) is 0.833. The summed E-state index contributed by atoms with van der Waals surface area (Å²) in [4.78, 5) is 12.2. The van der Waals surface area contributed by atoms with Crippen molar-refractivity contribution in [2.75, 3.05) is 14.2 Å². The van der Waals surface area contributed by atoms with Crippen LogP contribution < -0.4 is 24.2 Å². The second-order valence-electron chi connectivity index (χ2n) is 4.17. The first kappa shape index (κ1) is 14.9. The summed E-state index contributed by atoms with van der Waals surface area (Å²) in [6.45, 7) is 0. The van der Waals surface area contributed by atoms with Crippen LogP contribution in [0.3, 0.4) is 0 Å². The van der Waals surface area contributed by atoms with Crippen LogP contribution in [0, 0.1) is 11.3 Å². The highest BCUT2D eigenvalue weighted by molar-refractivity contribution is 7.07. The van der Waals surface area contributed by atoms with E-state index in [2.05, 4.69) is 0 Å². The number of benzene rings is 1. The lowest BCUT2D eigenvalue weighted by atomic mass is 10.2. The number of hydrogen-bond donors (Lipinski definition) is 0. The van der Waals surface area contributed by atoms with E-state index in [1.807, 2.05) is 18.2 Å². The molecule has 0 saturated carbocycles. The number of rotatable bonds is 3. The minimum Gasteiger partial charge on any atom is -0.493 e. The van der Waals surface area contributed by atoms with E-state index in [1.54, 1.807) is 33.4 Å². The first-order chi connectivity index (χ1) is 10.1. The van der Waals surface area contributed by atoms with Crippen molar-refractivity contribution in [2.24, 2.45) is 7.05 Å². The van der Waals surface area contributed by atoms with Gasteiger partial charge in [0, 0.05) is 18.7 Å². The molecule has 21 heavy (non-hydrogen) atoms. The average Bonchev–Trinajstić information content (AvgIpc) is 2.75. The highest BCUT2D eigenvalue weighted by Crippen LogP contribution is 2.30. The molecular weight excluding hydrogens is 288 g/mol. The summed E-state index contributed by atoms with van der Waals surface area (Å²) in [5, 5.41) is 8.72. The zero-order chi connectivity index (χ0) is 15.4. The van der Waals surface area contributed by atoms with Crippen LogP contribution >= 0.6 is 11.3 Å². The molecule has 0 aliphatic carbocycles. The Bertz CT molecular complexity index is 872. The van der Waals surface area contributed by atoms with Gasteiger partial charge < -0.3 is 14.0 Å². The summed E-state index contributed by atoms with van der Waals surface area (Å²) in [7, 11) is 4.75. The van der Waals surface area contributed by atoms with Crippen LogP contribution in [0.5, 0.6) is 11.5 Å². The van der Waals surface area contributed by atoms with E-state index in [4.69, 9.17) is 14.7 Å². The molecule has 0 fully saturated rings. The summed E-state index contributed by atoms with van der Waals surface area (Å²) in [6, 6.07) is 7.39. The third kappa shape index (κ3) is 2.83. The van der Waals surface area contributed by atoms with Crippen molar-refractivity contribution < 1.29 is 9.47 Å². The topological polar surface area (TPSA) is 64.2 Å². The summed E-state index contributed by atoms with van der Waals surface area (Å²) in [5.41, 5.74) is 0.602. The van der Waals surface area contributed by atoms with Crippen molar-refractivity contribution in [3.63, 3.8) is 0 Å². The molecule has 0 atom stereocenters. The van der Waals surface area contributed by atoms with Gasteiger partial charge in [-0.2, -0.15) is 5.26 Å².